The molecule has 2 N–H and O–H groups in total. The van der Waals surface area contributed by atoms with Gasteiger partial charge in [0.25, 0.3) is 0 Å². The van der Waals surface area contributed by atoms with Crippen molar-refractivity contribution >= 4 is 5.91 Å². The van der Waals surface area contributed by atoms with E-state index in [2.05, 4.69) is 29.2 Å². The zero-order valence-electron chi connectivity index (χ0n) is 12.4. The van der Waals surface area contributed by atoms with Gasteiger partial charge in [0.2, 0.25) is 5.91 Å². The van der Waals surface area contributed by atoms with Crippen molar-refractivity contribution in [2.75, 3.05) is 19.6 Å². The summed E-state index contributed by atoms with van der Waals surface area (Å²) in [5.41, 5.74) is 7.30. The number of carbonyl (C=O) groups excluding carboxylic acids is 1. The monoisotopic (exact) mass is 284 g/mol. The van der Waals surface area contributed by atoms with Crippen LogP contribution in [0.25, 0.3) is 0 Å². The predicted molar refractivity (Wildman–Crippen MR) is 82.6 cm³/mol. The quantitative estimate of drug-likeness (QED) is 0.925. The number of benzene rings is 1. The number of nitrogens with two attached hydrogens (primary N) is 1. The third kappa shape index (κ3) is 2.18. The van der Waals surface area contributed by atoms with Crippen molar-refractivity contribution in [1.29, 1.82) is 0 Å². The summed E-state index contributed by atoms with van der Waals surface area (Å²) in [6, 6.07) is 10.6. The second kappa shape index (κ2) is 5.13. The molecule has 3 heteroatoms. The van der Waals surface area contributed by atoms with E-state index in [1.807, 2.05) is 6.07 Å². The number of amides is 1. The molecule has 4 rings (SSSR count). The molecule has 0 aromatic heterocycles. The van der Waals surface area contributed by atoms with Gasteiger partial charge in [-0.15, -0.1) is 0 Å². The number of fused-ring (bicyclic) bond motifs is 1. The third-order valence-corrected chi connectivity index (χ3v) is 5.97. The molecule has 2 aliphatic carbocycles. The Morgan fingerprint density at radius 3 is 2.52 bits per heavy atom. The van der Waals surface area contributed by atoms with Crippen molar-refractivity contribution in [3.63, 3.8) is 0 Å². The van der Waals surface area contributed by atoms with Gasteiger partial charge in [0.05, 0.1) is 0 Å². The maximum atomic E-state index is 12.7. The summed E-state index contributed by atoms with van der Waals surface area (Å²) < 4.78 is 0. The molecule has 1 amide bonds. The Hall–Kier alpha value is -1.35. The van der Waals surface area contributed by atoms with Gasteiger partial charge in [0, 0.05) is 24.9 Å². The van der Waals surface area contributed by atoms with Gasteiger partial charge in [-0.3, -0.25) is 4.79 Å². The number of rotatable bonds is 3. The molecule has 112 valence electrons. The molecule has 3 nitrogen and oxygen atoms in total. The Balaban J connectivity index is 1.48. The van der Waals surface area contributed by atoms with Crippen LogP contribution in [0.3, 0.4) is 0 Å². The van der Waals surface area contributed by atoms with Crippen molar-refractivity contribution in [2.45, 2.75) is 25.2 Å². The maximum absolute atomic E-state index is 12.7. The lowest BCUT2D eigenvalue weighted by Gasteiger charge is -2.17. The highest BCUT2D eigenvalue weighted by molar-refractivity contribution is 5.83. The SMILES string of the molecule is NC[C@@H]1CN(C(=O)C2C3CCCC32)C[C@H]1c1ccccc1. The van der Waals surface area contributed by atoms with Crippen molar-refractivity contribution in [1.82, 2.24) is 4.90 Å². The highest BCUT2D eigenvalue weighted by atomic mass is 16.2. The van der Waals surface area contributed by atoms with Crippen molar-refractivity contribution in [3.05, 3.63) is 35.9 Å². The van der Waals surface area contributed by atoms with Crippen molar-refractivity contribution < 1.29 is 4.79 Å². The minimum atomic E-state index is 0.353. The molecule has 0 spiro atoms. The molecule has 1 aromatic rings. The molecule has 1 aromatic carbocycles. The van der Waals surface area contributed by atoms with Gasteiger partial charge in [-0.25, -0.2) is 0 Å². The van der Waals surface area contributed by atoms with E-state index < -0.39 is 0 Å². The number of likely N-dealkylation sites (tertiary alicyclic amines) is 1. The fraction of sp³-hybridized carbons (Fsp3) is 0.611. The molecule has 3 aliphatic rings. The van der Waals surface area contributed by atoms with E-state index >= 15 is 0 Å². The van der Waals surface area contributed by atoms with E-state index in [0.717, 1.165) is 13.1 Å². The highest BCUT2D eigenvalue weighted by Gasteiger charge is 2.58. The molecule has 3 fully saturated rings. The lowest BCUT2D eigenvalue weighted by molar-refractivity contribution is -0.132. The van der Waals surface area contributed by atoms with Gasteiger partial charge >= 0.3 is 0 Å². The summed E-state index contributed by atoms with van der Waals surface area (Å²) in [5, 5.41) is 0. The summed E-state index contributed by atoms with van der Waals surface area (Å²) in [6.45, 7) is 2.38. The van der Waals surface area contributed by atoms with Gasteiger partial charge in [0.1, 0.15) is 0 Å². The Labute approximate surface area is 126 Å². The summed E-state index contributed by atoms with van der Waals surface area (Å²) in [7, 11) is 0. The van der Waals surface area contributed by atoms with E-state index in [1.165, 1.54) is 24.8 Å². The average Bonchev–Trinajstić information content (AvgIpc) is 2.92. The first kappa shape index (κ1) is 13.3. The van der Waals surface area contributed by atoms with Gasteiger partial charge in [-0.1, -0.05) is 36.8 Å². The molecular formula is C18H24N2O. The number of nitrogens with zero attached hydrogens (tertiary/aromatic N) is 1. The van der Waals surface area contributed by atoms with Gasteiger partial charge in [-0.05, 0) is 42.7 Å². The first-order valence-electron chi connectivity index (χ1n) is 8.33. The van der Waals surface area contributed by atoms with Crippen LogP contribution >= 0.6 is 0 Å². The second-order valence-electron chi connectivity index (χ2n) is 7.04. The van der Waals surface area contributed by atoms with Gasteiger partial charge < -0.3 is 10.6 Å². The number of hydrogen-bond donors (Lipinski definition) is 1. The molecule has 2 unspecified atom stereocenters. The van der Waals surface area contributed by atoms with Crippen LogP contribution < -0.4 is 5.73 Å². The lowest BCUT2D eigenvalue weighted by Crippen LogP contribution is -2.32. The minimum Gasteiger partial charge on any atom is -0.341 e. The Morgan fingerprint density at radius 1 is 1.14 bits per heavy atom. The average molecular weight is 284 g/mol. The zero-order valence-corrected chi connectivity index (χ0v) is 12.4. The van der Waals surface area contributed by atoms with Crippen LogP contribution in [0.4, 0.5) is 0 Å². The summed E-state index contributed by atoms with van der Waals surface area (Å²) in [6.07, 6.45) is 3.88. The van der Waals surface area contributed by atoms with E-state index in [0.29, 0.717) is 42.0 Å². The van der Waals surface area contributed by atoms with Crippen molar-refractivity contribution in [3.8, 4) is 0 Å². The third-order valence-electron chi connectivity index (χ3n) is 5.97. The fourth-order valence-electron chi connectivity index (χ4n) is 4.77. The van der Waals surface area contributed by atoms with Crippen LogP contribution in [0.2, 0.25) is 0 Å². The lowest BCUT2D eigenvalue weighted by atomic mass is 9.89. The number of hydrogen-bond acceptors (Lipinski definition) is 2. The Kier molecular flexibility index (Phi) is 3.26. The molecule has 21 heavy (non-hydrogen) atoms. The van der Waals surface area contributed by atoms with E-state index in [-0.39, 0.29) is 0 Å². The van der Waals surface area contributed by atoms with Crippen LogP contribution in [0.1, 0.15) is 30.7 Å². The van der Waals surface area contributed by atoms with Crippen molar-refractivity contribution in [2.24, 2.45) is 29.4 Å². The zero-order chi connectivity index (χ0) is 14.4. The molecule has 1 saturated heterocycles. The summed E-state index contributed by atoms with van der Waals surface area (Å²) in [5.74, 6) is 3.02. The Bertz CT molecular complexity index is 519. The molecular weight excluding hydrogens is 260 g/mol. The molecule has 2 saturated carbocycles. The predicted octanol–water partition coefficient (Wildman–Crippen LogP) is 2.23. The van der Waals surface area contributed by atoms with Crippen LogP contribution in [-0.4, -0.2) is 30.4 Å². The first-order chi connectivity index (χ1) is 10.3. The van der Waals surface area contributed by atoms with E-state index in [1.54, 1.807) is 0 Å². The van der Waals surface area contributed by atoms with Gasteiger partial charge in [0.15, 0.2) is 0 Å². The number of carbonyl (C=O) groups is 1. The molecule has 1 heterocycles. The van der Waals surface area contributed by atoms with Crippen LogP contribution in [-0.2, 0) is 4.79 Å². The molecule has 4 atom stereocenters. The van der Waals surface area contributed by atoms with E-state index in [4.69, 9.17) is 5.73 Å². The first-order valence-corrected chi connectivity index (χ1v) is 8.33. The highest BCUT2D eigenvalue weighted by Crippen LogP contribution is 2.58. The largest absolute Gasteiger partial charge is 0.341 e. The smallest absolute Gasteiger partial charge is 0.226 e. The topological polar surface area (TPSA) is 46.3 Å². The van der Waals surface area contributed by atoms with E-state index in [9.17, 15) is 4.79 Å². The van der Waals surface area contributed by atoms with Gasteiger partial charge in [-0.2, -0.15) is 0 Å². The normalized spacial score (nSPS) is 37.6. The minimum absolute atomic E-state index is 0.353. The maximum Gasteiger partial charge on any atom is 0.226 e. The second-order valence-corrected chi connectivity index (χ2v) is 7.04. The fourth-order valence-corrected chi connectivity index (χ4v) is 4.77. The summed E-state index contributed by atoms with van der Waals surface area (Å²) in [4.78, 5) is 14.9. The van der Waals surface area contributed by atoms with Crippen LogP contribution in [0, 0.1) is 23.7 Å². The molecule has 0 radical (unpaired) electrons. The van der Waals surface area contributed by atoms with Crippen LogP contribution in [0.15, 0.2) is 30.3 Å². The molecule has 1 aliphatic heterocycles. The van der Waals surface area contributed by atoms with Crippen LogP contribution in [0.5, 0.6) is 0 Å². The molecule has 0 bridgehead atoms. The standard InChI is InChI=1S/C18H24N2O/c19-9-13-10-20(11-16(13)12-5-2-1-3-6-12)18(21)17-14-7-4-8-15(14)17/h1-3,5-6,13-17H,4,7-11,19H2/t13-,14?,15?,16+,17?/m1/s1. The summed E-state index contributed by atoms with van der Waals surface area (Å²) >= 11 is 0. The Morgan fingerprint density at radius 2 is 1.86 bits per heavy atom.